The molecule has 2 fully saturated rings. The van der Waals surface area contributed by atoms with Crippen LogP contribution in [0.25, 0.3) is 0 Å². The average Bonchev–Trinajstić information content (AvgIpc) is 3.54. The van der Waals surface area contributed by atoms with Crippen molar-refractivity contribution >= 4 is 37.5 Å². The van der Waals surface area contributed by atoms with Gasteiger partial charge in [-0.05, 0) is 67.1 Å². The normalized spacial score (nSPS) is 21.5. The summed E-state index contributed by atoms with van der Waals surface area (Å²) in [4.78, 5) is 12.5. The highest BCUT2D eigenvalue weighted by atomic mass is 79.9. The Kier molecular flexibility index (Phi) is 4.96. The lowest BCUT2D eigenvalue weighted by Crippen LogP contribution is -2.31. The zero-order valence-electron chi connectivity index (χ0n) is 14.5. The summed E-state index contributed by atoms with van der Waals surface area (Å²) in [5, 5.41) is 0. The van der Waals surface area contributed by atoms with E-state index in [0.29, 0.717) is 5.69 Å². The Hall–Kier alpha value is -1.90. The monoisotopic (exact) mass is 449 g/mol. The van der Waals surface area contributed by atoms with Crippen molar-refractivity contribution in [3.8, 4) is 0 Å². The third kappa shape index (κ3) is 4.51. The Morgan fingerprint density at radius 3 is 2.48 bits per heavy atom. The van der Waals surface area contributed by atoms with Gasteiger partial charge in [-0.25, -0.2) is 13.1 Å². The Balaban J connectivity index is 1.31. The van der Waals surface area contributed by atoms with Crippen LogP contribution in [0.3, 0.4) is 0 Å². The number of rotatable bonds is 7. The van der Waals surface area contributed by atoms with Crippen molar-refractivity contribution in [2.45, 2.75) is 36.1 Å². The first-order valence-electron chi connectivity index (χ1n) is 8.86. The molecule has 27 heavy (non-hydrogen) atoms. The first-order chi connectivity index (χ1) is 12.9. The van der Waals surface area contributed by atoms with Crippen LogP contribution in [-0.4, -0.2) is 20.4 Å². The smallest absolute Gasteiger partial charge is 0.242 e. The van der Waals surface area contributed by atoms with Gasteiger partial charge < -0.3 is 0 Å². The molecule has 0 aromatic heterocycles. The predicted octanol–water partition coefficient (Wildman–Crippen LogP) is 3.14. The first kappa shape index (κ1) is 18.5. The van der Waals surface area contributed by atoms with Gasteiger partial charge in [-0.15, -0.1) is 0 Å². The summed E-state index contributed by atoms with van der Waals surface area (Å²) in [5.41, 5.74) is 7.35. The molecular weight excluding hydrogens is 430 g/mol. The summed E-state index contributed by atoms with van der Waals surface area (Å²) in [5.74, 6) is 0.131. The lowest BCUT2D eigenvalue weighted by atomic mass is 10.1. The van der Waals surface area contributed by atoms with Crippen LogP contribution in [0, 0.1) is 5.92 Å². The molecule has 0 aliphatic heterocycles. The molecule has 3 N–H and O–H groups in total. The maximum absolute atomic E-state index is 12.3. The molecular formula is C19H20BrN3O3S. The van der Waals surface area contributed by atoms with E-state index >= 15 is 0 Å². The number of hydrazine groups is 1. The molecule has 2 aliphatic rings. The van der Waals surface area contributed by atoms with Crippen molar-refractivity contribution in [2.24, 2.45) is 5.92 Å². The van der Waals surface area contributed by atoms with Crippen LogP contribution >= 0.6 is 15.9 Å². The number of carbonyl (C=O) groups is 1. The van der Waals surface area contributed by atoms with E-state index in [0.717, 1.165) is 29.3 Å². The van der Waals surface area contributed by atoms with E-state index in [-0.39, 0.29) is 28.7 Å². The number of anilines is 1. The molecule has 2 aromatic carbocycles. The SMILES string of the molecule is O=C(NNc1ccc(S(=O)(=O)NC2CC2)cc1)C1CC1c1cccc(Br)c1. The highest BCUT2D eigenvalue weighted by molar-refractivity contribution is 9.10. The van der Waals surface area contributed by atoms with E-state index in [9.17, 15) is 13.2 Å². The maximum Gasteiger partial charge on any atom is 0.242 e. The van der Waals surface area contributed by atoms with Crippen molar-refractivity contribution in [3.63, 3.8) is 0 Å². The molecule has 2 aliphatic carbocycles. The second-order valence-electron chi connectivity index (χ2n) is 7.04. The summed E-state index contributed by atoms with van der Waals surface area (Å²) in [6.45, 7) is 0. The van der Waals surface area contributed by atoms with Crippen LogP contribution in [0.4, 0.5) is 5.69 Å². The standard InChI is InChI=1S/C19H20BrN3O3S/c20-13-3-1-2-12(10-13)17-11-18(17)19(24)22-21-14-6-8-16(9-7-14)27(25,26)23-15-4-5-15/h1-3,6-10,15,17-18,21,23H,4-5,11H2,(H,22,24). The molecule has 2 unspecified atom stereocenters. The van der Waals surface area contributed by atoms with Crippen LogP contribution in [0.2, 0.25) is 0 Å². The Bertz CT molecular complexity index is 958. The van der Waals surface area contributed by atoms with Crippen molar-refractivity contribution < 1.29 is 13.2 Å². The molecule has 2 aromatic rings. The molecule has 2 saturated carbocycles. The fraction of sp³-hybridized carbons (Fsp3) is 0.316. The molecule has 0 spiro atoms. The minimum absolute atomic E-state index is 0.0470. The number of hydrogen-bond donors (Lipinski definition) is 3. The number of sulfonamides is 1. The highest BCUT2D eigenvalue weighted by Crippen LogP contribution is 2.47. The van der Waals surface area contributed by atoms with E-state index in [4.69, 9.17) is 0 Å². The molecule has 8 heteroatoms. The van der Waals surface area contributed by atoms with Gasteiger partial charge in [0.2, 0.25) is 15.9 Å². The van der Waals surface area contributed by atoms with E-state index < -0.39 is 10.0 Å². The van der Waals surface area contributed by atoms with Gasteiger partial charge in [0.15, 0.2) is 0 Å². The topological polar surface area (TPSA) is 87.3 Å². The van der Waals surface area contributed by atoms with E-state index in [2.05, 4.69) is 31.5 Å². The van der Waals surface area contributed by atoms with Gasteiger partial charge in [-0.1, -0.05) is 28.1 Å². The van der Waals surface area contributed by atoms with Crippen molar-refractivity contribution in [1.82, 2.24) is 10.1 Å². The molecule has 2 atom stereocenters. The predicted molar refractivity (Wildman–Crippen MR) is 107 cm³/mol. The average molecular weight is 450 g/mol. The van der Waals surface area contributed by atoms with Crippen LogP contribution < -0.4 is 15.6 Å². The van der Waals surface area contributed by atoms with Gasteiger partial charge >= 0.3 is 0 Å². The van der Waals surface area contributed by atoms with Crippen LogP contribution in [0.15, 0.2) is 57.9 Å². The number of nitrogens with one attached hydrogen (secondary N) is 3. The molecule has 0 heterocycles. The highest BCUT2D eigenvalue weighted by Gasteiger charge is 2.44. The van der Waals surface area contributed by atoms with E-state index in [1.807, 2.05) is 24.3 Å². The number of halogens is 1. The molecule has 142 valence electrons. The molecule has 1 amide bonds. The first-order valence-corrected chi connectivity index (χ1v) is 11.1. The molecule has 6 nitrogen and oxygen atoms in total. The molecule has 0 saturated heterocycles. The third-order valence-corrected chi connectivity index (χ3v) is 6.83. The van der Waals surface area contributed by atoms with Gasteiger partial charge in [0, 0.05) is 16.4 Å². The summed E-state index contributed by atoms with van der Waals surface area (Å²) in [6.07, 6.45) is 2.62. The fourth-order valence-corrected chi connectivity index (χ4v) is 4.74. The van der Waals surface area contributed by atoms with Crippen molar-refractivity contribution in [3.05, 3.63) is 58.6 Å². The lowest BCUT2D eigenvalue weighted by Gasteiger charge is -2.10. The molecule has 0 radical (unpaired) electrons. The van der Waals surface area contributed by atoms with Crippen LogP contribution in [0.1, 0.15) is 30.7 Å². The van der Waals surface area contributed by atoms with Gasteiger partial charge in [0.25, 0.3) is 0 Å². The quantitative estimate of drug-likeness (QED) is 0.566. The Labute approximate surface area is 166 Å². The number of carbonyl (C=O) groups excluding carboxylic acids is 1. The second-order valence-corrected chi connectivity index (χ2v) is 9.67. The van der Waals surface area contributed by atoms with Crippen molar-refractivity contribution in [1.29, 1.82) is 0 Å². The zero-order chi connectivity index (χ0) is 19.0. The number of amides is 1. The van der Waals surface area contributed by atoms with E-state index in [1.165, 1.54) is 12.1 Å². The van der Waals surface area contributed by atoms with E-state index in [1.54, 1.807) is 12.1 Å². The number of hydrogen-bond acceptors (Lipinski definition) is 4. The summed E-state index contributed by atoms with van der Waals surface area (Å²) in [6, 6.07) is 14.4. The minimum atomic E-state index is -3.46. The molecule has 4 rings (SSSR count). The van der Waals surface area contributed by atoms with Gasteiger partial charge in [0.1, 0.15) is 0 Å². The maximum atomic E-state index is 12.3. The van der Waals surface area contributed by atoms with Crippen LogP contribution in [-0.2, 0) is 14.8 Å². The summed E-state index contributed by atoms with van der Waals surface area (Å²) in [7, 11) is -3.46. The van der Waals surface area contributed by atoms with Crippen LogP contribution in [0.5, 0.6) is 0 Å². The lowest BCUT2D eigenvalue weighted by molar-refractivity contribution is -0.121. The third-order valence-electron chi connectivity index (χ3n) is 4.80. The number of benzene rings is 2. The summed E-state index contributed by atoms with van der Waals surface area (Å²) < 4.78 is 27.9. The van der Waals surface area contributed by atoms with Gasteiger partial charge in [-0.3, -0.25) is 15.6 Å². The zero-order valence-corrected chi connectivity index (χ0v) is 16.9. The second kappa shape index (κ2) is 7.26. The summed E-state index contributed by atoms with van der Waals surface area (Å²) >= 11 is 3.45. The Morgan fingerprint density at radius 2 is 1.81 bits per heavy atom. The largest absolute Gasteiger partial charge is 0.299 e. The fourth-order valence-electron chi connectivity index (χ4n) is 3.02. The van der Waals surface area contributed by atoms with Gasteiger partial charge in [-0.2, -0.15) is 0 Å². The van der Waals surface area contributed by atoms with Crippen molar-refractivity contribution in [2.75, 3.05) is 5.43 Å². The Morgan fingerprint density at radius 1 is 1.07 bits per heavy atom. The molecule has 0 bridgehead atoms. The van der Waals surface area contributed by atoms with Gasteiger partial charge in [0.05, 0.1) is 10.6 Å². The minimum Gasteiger partial charge on any atom is -0.299 e.